The number of nitrogen functional groups attached to an aromatic ring is 1. The molecule has 0 unspecified atom stereocenters. The number of hydrazone groups is 1. The summed E-state index contributed by atoms with van der Waals surface area (Å²) in [5.74, 6) is 8.27. The number of nitrogens with zero attached hydrogens (tertiary/aromatic N) is 4. The largest absolute Gasteiger partial charge is 0.493 e. The molecule has 0 saturated heterocycles. The number of anilines is 1. The van der Waals surface area contributed by atoms with Gasteiger partial charge in [0, 0.05) is 11.3 Å². The number of halogens is 2. The van der Waals surface area contributed by atoms with E-state index in [4.69, 9.17) is 38.5 Å². The highest BCUT2D eigenvalue weighted by Gasteiger charge is 2.11. The third-order valence-corrected chi connectivity index (χ3v) is 5.89. The number of nitrogens with one attached hydrogen (secondary N) is 1. The van der Waals surface area contributed by atoms with Crippen molar-refractivity contribution < 1.29 is 9.47 Å². The van der Waals surface area contributed by atoms with Gasteiger partial charge in [0.1, 0.15) is 0 Å². The summed E-state index contributed by atoms with van der Waals surface area (Å²) in [6, 6.07) is 11.0. The fourth-order valence-electron chi connectivity index (χ4n) is 2.49. The maximum atomic E-state index is 6.09. The van der Waals surface area contributed by atoms with Crippen molar-refractivity contribution in [3.05, 3.63) is 57.6 Å². The van der Waals surface area contributed by atoms with E-state index in [9.17, 15) is 0 Å². The van der Waals surface area contributed by atoms with Gasteiger partial charge in [-0.2, -0.15) is 5.10 Å². The number of benzene rings is 2. The first kappa shape index (κ1) is 22.1. The van der Waals surface area contributed by atoms with Crippen molar-refractivity contribution in [2.45, 2.75) is 17.8 Å². The van der Waals surface area contributed by atoms with Gasteiger partial charge in [0.05, 0.1) is 30.0 Å². The molecule has 0 amide bonds. The Balaban J connectivity index is 1.67. The zero-order chi connectivity index (χ0) is 21.7. The molecule has 11 heteroatoms. The monoisotopic (exact) mass is 466 g/mol. The summed E-state index contributed by atoms with van der Waals surface area (Å²) in [6.45, 7) is 1.85. The fourth-order valence-corrected chi connectivity index (χ4v) is 3.61. The number of aromatic nitrogens is 3. The normalized spacial score (nSPS) is 11.4. The summed E-state index contributed by atoms with van der Waals surface area (Å²) in [5, 5.41) is 14.0. The van der Waals surface area contributed by atoms with Gasteiger partial charge in [-0.15, -0.1) is 10.2 Å². The Kier molecular flexibility index (Phi) is 7.30. The van der Waals surface area contributed by atoms with Crippen LogP contribution >= 0.6 is 35.0 Å². The molecule has 0 aliphatic rings. The highest BCUT2D eigenvalue weighted by molar-refractivity contribution is 7.98. The predicted molar refractivity (Wildman–Crippen MR) is 122 cm³/mol. The molecule has 3 rings (SSSR count). The Hall–Kier alpha value is -2.62. The first-order chi connectivity index (χ1) is 14.4. The maximum absolute atomic E-state index is 6.09. The van der Waals surface area contributed by atoms with Gasteiger partial charge in [-0.05, 0) is 42.8 Å². The summed E-state index contributed by atoms with van der Waals surface area (Å²) in [6.07, 6.45) is 0. The SMILES string of the molecule is COc1ccc(/C(C)=N/Nc2nnc(SCc3ccc(Cl)c(Cl)c3)n2N)cc1OC. The van der Waals surface area contributed by atoms with Gasteiger partial charge >= 0.3 is 0 Å². The van der Waals surface area contributed by atoms with Gasteiger partial charge in [-0.1, -0.05) is 41.0 Å². The third kappa shape index (κ3) is 5.10. The van der Waals surface area contributed by atoms with Crippen molar-refractivity contribution in [1.82, 2.24) is 14.9 Å². The van der Waals surface area contributed by atoms with Crippen LogP contribution in [0.15, 0.2) is 46.7 Å². The van der Waals surface area contributed by atoms with Crippen LogP contribution < -0.4 is 20.7 Å². The Morgan fingerprint density at radius 1 is 1.10 bits per heavy atom. The maximum Gasteiger partial charge on any atom is 0.264 e. The Morgan fingerprint density at radius 2 is 1.87 bits per heavy atom. The van der Waals surface area contributed by atoms with Crippen LogP contribution in [0.5, 0.6) is 11.5 Å². The van der Waals surface area contributed by atoms with E-state index in [-0.39, 0.29) is 0 Å². The molecule has 158 valence electrons. The number of hydrogen-bond donors (Lipinski definition) is 2. The van der Waals surface area contributed by atoms with Gasteiger partial charge in [-0.25, -0.2) is 10.1 Å². The smallest absolute Gasteiger partial charge is 0.264 e. The molecule has 0 radical (unpaired) electrons. The summed E-state index contributed by atoms with van der Waals surface area (Å²) in [5.41, 5.74) is 5.41. The molecule has 0 atom stereocenters. The van der Waals surface area contributed by atoms with E-state index in [0.717, 1.165) is 11.1 Å². The fraction of sp³-hybridized carbons (Fsp3) is 0.211. The van der Waals surface area contributed by atoms with Gasteiger partial charge in [0.2, 0.25) is 5.16 Å². The number of thioether (sulfide) groups is 1. The molecule has 3 aromatic rings. The first-order valence-electron chi connectivity index (χ1n) is 8.72. The molecule has 0 spiro atoms. The lowest BCUT2D eigenvalue weighted by Crippen LogP contribution is -2.14. The molecular formula is C19H20Cl2N6O2S. The highest BCUT2D eigenvalue weighted by Crippen LogP contribution is 2.28. The Labute approximate surface area is 188 Å². The van der Waals surface area contributed by atoms with Gasteiger partial charge in [0.25, 0.3) is 5.95 Å². The molecule has 0 saturated carbocycles. The third-order valence-electron chi connectivity index (χ3n) is 4.14. The average molecular weight is 467 g/mol. The minimum absolute atomic E-state index is 0.312. The van der Waals surface area contributed by atoms with E-state index in [1.54, 1.807) is 20.3 Å². The number of rotatable bonds is 8. The van der Waals surface area contributed by atoms with Crippen LogP contribution in [0.25, 0.3) is 0 Å². The molecule has 0 bridgehead atoms. The summed E-state index contributed by atoms with van der Waals surface area (Å²) < 4.78 is 11.9. The van der Waals surface area contributed by atoms with Crippen molar-refractivity contribution in [1.29, 1.82) is 0 Å². The molecular weight excluding hydrogens is 447 g/mol. The molecule has 8 nitrogen and oxygen atoms in total. The van der Waals surface area contributed by atoms with Crippen molar-refractivity contribution in [3.8, 4) is 11.5 Å². The topological polar surface area (TPSA) is 99.6 Å². The summed E-state index contributed by atoms with van der Waals surface area (Å²) in [4.78, 5) is 0. The van der Waals surface area contributed by atoms with Crippen molar-refractivity contribution in [2.24, 2.45) is 5.10 Å². The van der Waals surface area contributed by atoms with Crippen LogP contribution in [-0.2, 0) is 5.75 Å². The predicted octanol–water partition coefficient (Wildman–Crippen LogP) is 4.44. The second kappa shape index (κ2) is 9.92. The minimum Gasteiger partial charge on any atom is -0.493 e. The van der Waals surface area contributed by atoms with E-state index >= 15 is 0 Å². The zero-order valence-corrected chi connectivity index (χ0v) is 18.8. The Morgan fingerprint density at radius 3 is 2.57 bits per heavy atom. The Bertz CT molecular complexity index is 1070. The quantitative estimate of drug-likeness (QED) is 0.219. The van der Waals surface area contributed by atoms with Crippen LogP contribution in [0.2, 0.25) is 10.0 Å². The van der Waals surface area contributed by atoms with E-state index < -0.39 is 0 Å². The number of ether oxygens (including phenoxy) is 2. The van der Waals surface area contributed by atoms with Gasteiger partial charge in [0.15, 0.2) is 11.5 Å². The lowest BCUT2D eigenvalue weighted by atomic mass is 10.1. The van der Waals surface area contributed by atoms with Crippen molar-refractivity contribution >= 4 is 46.6 Å². The molecule has 30 heavy (non-hydrogen) atoms. The van der Waals surface area contributed by atoms with Gasteiger partial charge < -0.3 is 15.3 Å². The lowest BCUT2D eigenvalue weighted by molar-refractivity contribution is 0.355. The van der Waals surface area contributed by atoms with Crippen molar-refractivity contribution in [3.63, 3.8) is 0 Å². The van der Waals surface area contributed by atoms with Crippen LogP contribution in [0.3, 0.4) is 0 Å². The number of hydrogen-bond acceptors (Lipinski definition) is 8. The second-order valence-corrected chi connectivity index (χ2v) is 7.85. The molecule has 1 aromatic heterocycles. The molecule has 0 aliphatic heterocycles. The van der Waals surface area contributed by atoms with Crippen molar-refractivity contribution in [2.75, 3.05) is 25.5 Å². The summed E-state index contributed by atoms with van der Waals surface area (Å²) >= 11 is 13.4. The lowest BCUT2D eigenvalue weighted by Gasteiger charge is -2.09. The average Bonchev–Trinajstić information content (AvgIpc) is 3.11. The molecule has 2 aromatic carbocycles. The highest BCUT2D eigenvalue weighted by atomic mass is 35.5. The van der Waals surface area contributed by atoms with Gasteiger partial charge in [-0.3, -0.25) is 0 Å². The molecule has 0 fully saturated rings. The molecule has 3 N–H and O–H groups in total. The molecule has 0 aliphatic carbocycles. The van der Waals surface area contributed by atoms with Crippen LogP contribution in [0.4, 0.5) is 5.95 Å². The minimum atomic E-state index is 0.312. The number of methoxy groups -OCH3 is 2. The summed E-state index contributed by atoms with van der Waals surface area (Å²) in [7, 11) is 3.17. The standard InChI is InChI=1S/C19H20Cl2N6O2S/c1-11(13-5-7-16(28-2)17(9-13)29-3)23-24-18-25-26-19(27(18)22)30-10-12-4-6-14(20)15(21)8-12/h4-9H,10,22H2,1-3H3,(H,24,25)/b23-11+. The first-order valence-corrected chi connectivity index (χ1v) is 10.5. The second-order valence-electron chi connectivity index (χ2n) is 6.09. The van der Waals surface area contributed by atoms with E-state index in [1.807, 2.05) is 37.3 Å². The van der Waals surface area contributed by atoms with E-state index in [0.29, 0.717) is 44.1 Å². The zero-order valence-electron chi connectivity index (χ0n) is 16.5. The van der Waals surface area contributed by atoms with Crippen LogP contribution in [-0.4, -0.2) is 34.8 Å². The molecule has 1 heterocycles. The van der Waals surface area contributed by atoms with Crippen LogP contribution in [0, 0.1) is 0 Å². The van der Waals surface area contributed by atoms with Crippen LogP contribution in [0.1, 0.15) is 18.1 Å². The van der Waals surface area contributed by atoms with E-state index in [1.165, 1.54) is 16.4 Å². The number of nitrogens with two attached hydrogens (primary N) is 1. The van der Waals surface area contributed by atoms with E-state index in [2.05, 4.69) is 20.7 Å².